The van der Waals surface area contributed by atoms with Crippen LogP contribution in [0.5, 0.6) is 0 Å². The highest BCUT2D eigenvalue weighted by atomic mass is 15.5. The zero-order valence-corrected chi connectivity index (χ0v) is 18.5. The summed E-state index contributed by atoms with van der Waals surface area (Å²) in [5.41, 5.74) is 5.48. The second-order valence-corrected chi connectivity index (χ2v) is 9.74. The third-order valence-corrected chi connectivity index (χ3v) is 7.54. The first-order chi connectivity index (χ1) is 14.8. The van der Waals surface area contributed by atoms with E-state index in [4.69, 9.17) is 4.99 Å². The van der Waals surface area contributed by atoms with E-state index < -0.39 is 0 Å². The van der Waals surface area contributed by atoms with E-state index in [1.165, 1.54) is 93.0 Å². The van der Waals surface area contributed by atoms with Gasteiger partial charge in [0.05, 0.1) is 17.8 Å². The van der Waals surface area contributed by atoms with Crippen LogP contribution >= 0.6 is 0 Å². The van der Waals surface area contributed by atoms with Gasteiger partial charge in [0.2, 0.25) is 0 Å². The molecule has 3 atom stereocenters. The molecule has 1 saturated carbocycles. The molecule has 2 nitrogen and oxygen atoms in total. The maximum atomic E-state index is 5.56. The molecule has 2 aromatic rings. The maximum absolute atomic E-state index is 5.56. The van der Waals surface area contributed by atoms with Crippen molar-refractivity contribution in [2.24, 2.45) is 4.99 Å². The Kier molecular flexibility index (Phi) is 5.78. The van der Waals surface area contributed by atoms with E-state index in [0.29, 0.717) is 12.1 Å². The summed E-state index contributed by atoms with van der Waals surface area (Å²) in [5, 5.41) is 0. The summed E-state index contributed by atoms with van der Waals surface area (Å²) >= 11 is 0. The summed E-state index contributed by atoms with van der Waals surface area (Å²) in [6.45, 7) is 2.17. The molecule has 2 heteroatoms. The van der Waals surface area contributed by atoms with Crippen molar-refractivity contribution in [2.45, 2.75) is 95.3 Å². The van der Waals surface area contributed by atoms with E-state index in [9.17, 15) is 0 Å². The van der Waals surface area contributed by atoms with Gasteiger partial charge in [0.1, 0.15) is 5.66 Å². The van der Waals surface area contributed by atoms with Crippen LogP contribution in [0, 0.1) is 6.92 Å². The number of benzene rings is 2. The fraction of sp³-hybridized carbons (Fsp3) is 0.536. The standard InChI is InChI=1S/C28H36N2/c1-22-16-18-23(19-17-22)25-27-26(24-14-10-9-11-15-24)30(27)28(29-25)20-12-7-5-3-2-4-6-8-13-21-28/h9-11,14-19,26-27H,2-8,12-13,20-21H2,1H3/t26-,27+,30?/m1/s1. The molecule has 1 saturated heterocycles. The normalized spacial score (nSPS) is 28.8. The molecule has 0 aromatic heterocycles. The Hall–Kier alpha value is -1.93. The van der Waals surface area contributed by atoms with Gasteiger partial charge in [0.25, 0.3) is 0 Å². The van der Waals surface area contributed by atoms with Crippen LogP contribution in [0.3, 0.4) is 0 Å². The van der Waals surface area contributed by atoms with Gasteiger partial charge in [-0.2, -0.15) is 0 Å². The average molecular weight is 401 g/mol. The lowest BCUT2D eigenvalue weighted by molar-refractivity contribution is 0.182. The van der Waals surface area contributed by atoms with Crippen LogP contribution < -0.4 is 0 Å². The summed E-state index contributed by atoms with van der Waals surface area (Å²) in [4.78, 5) is 8.34. The summed E-state index contributed by atoms with van der Waals surface area (Å²) in [5.74, 6) is 0. The highest BCUT2D eigenvalue weighted by Crippen LogP contribution is 2.58. The van der Waals surface area contributed by atoms with Crippen LogP contribution in [-0.2, 0) is 0 Å². The minimum Gasteiger partial charge on any atom is -0.265 e. The third kappa shape index (κ3) is 3.87. The van der Waals surface area contributed by atoms with Crippen LogP contribution in [0.2, 0.25) is 0 Å². The van der Waals surface area contributed by atoms with E-state index in [-0.39, 0.29) is 5.66 Å². The van der Waals surface area contributed by atoms with Crippen molar-refractivity contribution in [3.05, 3.63) is 71.3 Å². The van der Waals surface area contributed by atoms with E-state index in [2.05, 4.69) is 66.4 Å². The number of nitrogens with zero attached hydrogens (tertiary/aromatic N) is 2. The van der Waals surface area contributed by atoms with Crippen LogP contribution in [0.15, 0.2) is 59.6 Å². The predicted molar refractivity (Wildman–Crippen MR) is 126 cm³/mol. The molecule has 1 spiro atoms. The van der Waals surface area contributed by atoms with Crippen molar-refractivity contribution in [2.75, 3.05) is 0 Å². The number of rotatable bonds is 2. The van der Waals surface area contributed by atoms with Gasteiger partial charge >= 0.3 is 0 Å². The van der Waals surface area contributed by atoms with Crippen molar-refractivity contribution in [3.63, 3.8) is 0 Å². The van der Waals surface area contributed by atoms with Crippen LogP contribution in [0.25, 0.3) is 0 Å². The highest BCUT2D eigenvalue weighted by Gasteiger charge is 2.64. The Balaban J connectivity index is 1.48. The van der Waals surface area contributed by atoms with Gasteiger partial charge in [-0.1, -0.05) is 105 Å². The van der Waals surface area contributed by atoms with E-state index in [0.717, 1.165) is 0 Å². The second kappa shape index (κ2) is 8.67. The lowest BCUT2D eigenvalue weighted by atomic mass is 9.92. The van der Waals surface area contributed by atoms with E-state index in [1.54, 1.807) is 0 Å². The molecule has 2 aromatic carbocycles. The molecule has 3 aliphatic rings. The lowest BCUT2D eigenvalue weighted by Crippen LogP contribution is -2.34. The van der Waals surface area contributed by atoms with Crippen molar-refractivity contribution in [3.8, 4) is 0 Å². The van der Waals surface area contributed by atoms with Gasteiger partial charge in [-0.25, -0.2) is 0 Å². The molecule has 1 unspecified atom stereocenters. The molecule has 0 radical (unpaired) electrons. The molecule has 0 bridgehead atoms. The lowest BCUT2D eigenvalue weighted by Gasteiger charge is -2.31. The number of fused-ring (bicyclic) bond motifs is 2. The molecular formula is C28H36N2. The number of aliphatic imine (C=N–C) groups is 1. The fourth-order valence-electron chi connectivity index (χ4n) is 5.88. The summed E-state index contributed by atoms with van der Waals surface area (Å²) < 4.78 is 0. The van der Waals surface area contributed by atoms with Gasteiger partial charge < -0.3 is 0 Å². The fourth-order valence-corrected chi connectivity index (χ4v) is 5.88. The first kappa shape index (κ1) is 20.0. The maximum Gasteiger partial charge on any atom is 0.114 e. The average Bonchev–Trinajstić information content (AvgIpc) is 3.43. The summed E-state index contributed by atoms with van der Waals surface area (Å²) in [7, 11) is 0. The van der Waals surface area contributed by atoms with Gasteiger partial charge in [0.15, 0.2) is 0 Å². The molecule has 2 heterocycles. The monoisotopic (exact) mass is 400 g/mol. The minimum absolute atomic E-state index is 0.0184. The van der Waals surface area contributed by atoms with Crippen molar-refractivity contribution in [1.29, 1.82) is 0 Å². The van der Waals surface area contributed by atoms with Gasteiger partial charge in [-0.05, 0) is 43.7 Å². The summed E-state index contributed by atoms with van der Waals surface area (Å²) in [6, 6.07) is 21.2. The van der Waals surface area contributed by atoms with Gasteiger partial charge in [-0.3, -0.25) is 9.89 Å². The topological polar surface area (TPSA) is 15.4 Å². The zero-order valence-electron chi connectivity index (χ0n) is 18.5. The quantitative estimate of drug-likeness (QED) is 0.486. The highest BCUT2D eigenvalue weighted by molar-refractivity contribution is 6.08. The molecule has 30 heavy (non-hydrogen) atoms. The molecule has 2 fully saturated rings. The first-order valence-corrected chi connectivity index (χ1v) is 12.3. The Morgan fingerprint density at radius 1 is 0.700 bits per heavy atom. The van der Waals surface area contributed by atoms with Crippen molar-refractivity contribution >= 4 is 5.71 Å². The first-order valence-electron chi connectivity index (χ1n) is 12.3. The SMILES string of the molecule is Cc1ccc(C2=NC3(CCCCCCCCCCC3)N3[C@H](c4ccccc4)[C@H]23)cc1. The minimum atomic E-state index is 0.0184. The number of aryl methyl sites for hydroxylation is 1. The van der Waals surface area contributed by atoms with E-state index in [1.807, 2.05) is 0 Å². The zero-order chi connectivity index (χ0) is 20.4. The largest absolute Gasteiger partial charge is 0.265 e. The molecule has 2 aliphatic heterocycles. The second-order valence-electron chi connectivity index (χ2n) is 9.74. The number of hydrogen-bond donors (Lipinski definition) is 0. The molecule has 0 N–H and O–H groups in total. The van der Waals surface area contributed by atoms with E-state index >= 15 is 0 Å². The summed E-state index contributed by atoms with van der Waals surface area (Å²) in [6.07, 6.45) is 14.9. The third-order valence-electron chi connectivity index (χ3n) is 7.54. The van der Waals surface area contributed by atoms with Gasteiger partial charge in [-0.15, -0.1) is 0 Å². The molecule has 5 rings (SSSR count). The van der Waals surface area contributed by atoms with Crippen LogP contribution in [-0.4, -0.2) is 22.3 Å². The Morgan fingerprint density at radius 2 is 1.27 bits per heavy atom. The number of hydrogen-bond acceptors (Lipinski definition) is 2. The molecular weight excluding hydrogens is 364 g/mol. The smallest absolute Gasteiger partial charge is 0.114 e. The Morgan fingerprint density at radius 3 is 1.87 bits per heavy atom. The van der Waals surface area contributed by atoms with Crippen LogP contribution in [0.4, 0.5) is 0 Å². The van der Waals surface area contributed by atoms with Crippen LogP contribution in [0.1, 0.15) is 93.4 Å². The van der Waals surface area contributed by atoms with Gasteiger partial charge in [0, 0.05) is 0 Å². The Labute approximate surface area is 182 Å². The van der Waals surface area contributed by atoms with Crippen molar-refractivity contribution < 1.29 is 0 Å². The molecule has 158 valence electrons. The molecule has 0 amide bonds. The Bertz CT molecular complexity index is 855. The molecule has 1 aliphatic carbocycles. The predicted octanol–water partition coefficient (Wildman–Crippen LogP) is 7.22. The van der Waals surface area contributed by atoms with Crippen molar-refractivity contribution in [1.82, 2.24) is 4.90 Å².